The molecule has 0 atom stereocenters. The molecule has 0 radical (unpaired) electrons. The van der Waals surface area contributed by atoms with Gasteiger partial charge in [-0.15, -0.1) is 0 Å². The first-order chi connectivity index (χ1) is 13.5. The van der Waals surface area contributed by atoms with Crippen molar-refractivity contribution >= 4 is 16.9 Å². The molecule has 2 heterocycles. The zero-order valence-corrected chi connectivity index (χ0v) is 16.1. The van der Waals surface area contributed by atoms with Crippen LogP contribution in [0.3, 0.4) is 0 Å². The first-order valence-electron chi connectivity index (χ1n) is 9.46. The van der Waals surface area contributed by atoms with Gasteiger partial charge in [-0.2, -0.15) is 5.10 Å². The van der Waals surface area contributed by atoms with Gasteiger partial charge in [0.2, 0.25) is 5.91 Å². The van der Waals surface area contributed by atoms with E-state index >= 15 is 0 Å². The molecule has 0 aliphatic heterocycles. The minimum atomic E-state index is -0.345. The number of hydrogen-bond acceptors (Lipinski definition) is 4. The summed E-state index contributed by atoms with van der Waals surface area (Å²) in [6, 6.07) is 6.11. The third kappa shape index (κ3) is 4.27. The van der Waals surface area contributed by atoms with Crippen molar-refractivity contribution in [1.29, 1.82) is 0 Å². The highest BCUT2D eigenvalue weighted by Crippen LogP contribution is 2.09. The summed E-state index contributed by atoms with van der Waals surface area (Å²) in [6.45, 7) is 5.06. The van der Waals surface area contributed by atoms with Crippen LogP contribution in [0, 0.1) is 11.7 Å². The Morgan fingerprint density at radius 1 is 1.29 bits per heavy atom. The van der Waals surface area contributed by atoms with E-state index in [-0.39, 0.29) is 29.7 Å². The average molecular weight is 385 g/mol. The summed E-state index contributed by atoms with van der Waals surface area (Å²) in [4.78, 5) is 29.1. The van der Waals surface area contributed by atoms with Gasteiger partial charge in [-0.05, 0) is 30.5 Å². The quantitative estimate of drug-likeness (QED) is 0.645. The Balaban J connectivity index is 1.72. The van der Waals surface area contributed by atoms with Gasteiger partial charge in [0.15, 0.2) is 5.65 Å². The predicted octanol–water partition coefficient (Wildman–Crippen LogP) is 2.33. The lowest BCUT2D eigenvalue weighted by Crippen LogP contribution is -2.32. The fraction of sp³-hybridized carbons (Fsp3) is 0.400. The Morgan fingerprint density at radius 2 is 2.07 bits per heavy atom. The first-order valence-corrected chi connectivity index (χ1v) is 9.46. The second kappa shape index (κ2) is 8.77. The van der Waals surface area contributed by atoms with Crippen molar-refractivity contribution in [2.24, 2.45) is 5.92 Å². The van der Waals surface area contributed by atoms with Crippen LogP contribution in [0.15, 0.2) is 41.6 Å². The summed E-state index contributed by atoms with van der Waals surface area (Å²) < 4.78 is 16.4. The van der Waals surface area contributed by atoms with E-state index in [2.05, 4.69) is 15.4 Å². The maximum atomic E-state index is 13.4. The van der Waals surface area contributed by atoms with Gasteiger partial charge in [0, 0.05) is 12.5 Å². The Labute approximate surface area is 162 Å². The smallest absolute Gasteiger partial charge is 0.264 e. The summed E-state index contributed by atoms with van der Waals surface area (Å²) in [5.41, 5.74) is 0.915. The molecule has 0 saturated carbocycles. The summed E-state index contributed by atoms with van der Waals surface area (Å²) in [7, 11) is 0. The summed E-state index contributed by atoms with van der Waals surface area (Å²) in [5.74, 6) is -0.294. The summed E-state index contributed by atoms with van der Waals surface area (Å²) in [6.07, 6.45) is 4.53. The lowest BCUT2D eigenvalue weighted by Gasteiger charge is -2.12. The van der Waals surface area contributed by atoms with Crippen molar-refractivity contribution in [3.05, 3.63) is 58.5 Å². The molecule has 2 aromatic heterocycles. The Bertz CT molecular complexity index is 1020. The third-order valence-corrected chi connectivity index (χ3v) is 4.84. The van der Waals surface area contributed by atoms with E-state index in [1.165, 1.54) is 29.2 Å². The number of carbonyl (C=O) groups excluding carboxylic acids is 1. The van der Waals surface area contributed by atoms with E-state index in [1.54, 1.807) is 16.8 Å². The summed E-state index contributed by atoms with van der Waals surface area (Å²) in [5, 5.41) is 7.53. The number of halogens is 1. The Morgan fingerprint density at radius 3 is 2.79 bits per heavy atom. The number of fused-ring (bicyclic) bond motifs is 1. The second-order valence-electron chi connectivity index (χ2n) is 6.72. The van der Waals surface area contributed by atoms with Crippen molar-refractivity contribution in [2.75, 3.05) is 6.54 Å². The fourth-order valence-electron chi connectivity index (χ4n) is 3.19. The van der Waals surface area contributed by atoms with E-state index in [1.807, 2.05) is 13.8 Å². The van der Waals surface area contributed by atoms with Crippen molar-refractivity contribution in [1.82, 2.24) is 24.6 Å². The molecule has 3 aromatic rings. The number of nitrogens with zero attached hydrogens (tertiary/aromatic N) is 4. The molecule has 0 fully saturated rings. The number of carbonyl (C=O) groups is 1. The number of amides is 1. The minimum absolute atomic E-state index is 0.0162. The minimum Gasteiger partial charge on any atom is -0.354 e. The van der Waals surface area contributed by atoms with E-state index in [4.69, 9.17) is 0 Å². The standard InChI is InChI=1S/C20H24FN5O2/c1-3-15(4-2)19(27)22-8-9-26-18-17(11-24-26)20(28)25(13-23-18)12-14-6-5-7-16(21)10-14/h5-7,10-11,13,15H,3-4,8-9,12H2,1-2H3,(H,22,27). The van der Waals surface area contributed by atoms with Gasteiger partial charge in [-0.25, -0.2) is 14.1 Å². The molecule has 28 heavy (non-hydrogen) atoms. The molecule has 7 nitrogen and oxygen atoms in total. The highest BCUT2D eigenvalue weighted by atomic mass is 19.1. The molecular weight excluding hydrogens is 361 g/mol. The zero-order chi connectivity index (χ0) is 20.1. The van der Waals surface area contributed by atoms with Crippen LogP contribution in [0.25, 0.3) is 11.0 Å². The molecule has 0 saturated heterocycles. The molecule has 0 aliphatic rings. The number of nitrogens with one attached hydrogen (secondary N) is 1. The van der Waals surface area contributed by atoms with E-state index in [9.17, 15) is 14.0 Å². The molecule has 1 amide bonds. The molecule has 0 unspecified atom stereocenters. The number of hydrogen-bond donors (Lipinski definition) is 1. The van der Waals surface area contributed by atoms with E-state index in [0.29, 0.717) is 29.7 Å². The van der Waals surface area contributed by atoms with Gasteiger partial charge in [0.05, 0.1) is 19.3 Å². The molecular formula is C20H24FN5O2. The average Bonchev–Trinajstić information content (AvgIpc) is 3.09. The van der Waals surface area contributed by atoms with Crippen molar-refractivity contribution in [2.45, 2.75) is 39.8 Å². The molecule has 1 aromatic carbocycles. The van der Waals surface area contributed by atoms with Crippen LogP contribution in [0.5, 0.6) is 0 Å². The van der Waals surface area contributed by atoms with Crippen LogP contribution in [-0.2, 0) is 17.9 Å². The molecule has 3 rings (SSSR count). The molecule has 0 aliphatic carbocycles. The lowest BCUT2D eigenvalue weighted by atomic mass is 10.0. The molecule has 8 heteroatoms. The maximum absolute atomic E-state index is 13.4. The fourth-order valence-corrected chi connectivity index (χ4v) is 3.19. The monoisotopic (exact) mass is 385 g/mol. The van der Waals surface area contributed by atoms with Gasteiger partial charge in [-0.3, -0.25) is 14.2 Å². The first kappa shape index (κ1) is 19.7. The number of rotatable bonds is 8. The number of benzene rings is 1. The molecule has 148 valence electrons. The van der Waals surface area contributed by atoms with Crippen molar-refractivity contribution in [3.8, 4) is 0 Å². The predicted molar refractivity (Wildman–Crippen MR) is 104 cm³/mol. The van der Waals surface area contributed by atoms with Crippen molar-refractivity contribution < 1.29 is 9.18 Å². The molecule has 0 bridgehead atoms. The third-order valence-electron chi connectivity index (χ3n) is 4.84. The van der Waals surface area contributed by atoms with Crippen molar-refractivity contribution in [3.63, 3.8) is 0 Å². The molecule has 0 spiro atoms. The van der Waals surface area contributed by atoms with Crippen LogP contribution in [0.2, 0.25) is 0 Å². The van der Waals surface area contributed by atoms with Crippen LogP contribution in [0.1, 0.15) is 32.3 Å². The van der Waals surface area contributed by atoms with Gasteiger partial charge in [0.25, 0.3) is 5.56 Å². The van der Waals surface area contributed by atoms with Crippen LogP contribution >= 0.6 is 0 Å². The second-order valence-corrected chi connectivity index (χ2v) is 6.72. The molecule has 1 N–H and O–H groups in total. The van der Waals surface area contributed by atoms with Gasteiger partial charge in [0.1, 0.15) is 17.5 Å². The zero-order valence-electron chi connectivity index (χ0n) is 16.1. The number of aromatic nitrogens is 4. The van der Waals surface area contributed by atoms with Crippen LogP contribution in [0.4, 0.5) is 4.39 Å². The van der Waals surface area contributed by atoms with Gasteiger partial charge < -0.3 is 5.32 Å². The summed E-state index contributed by atoms with van der Waals surface area (Å²) >= 11 is 0. The van der Waals surface area contributed by atoms with Gasteiger partial charge >= 0.3 is 0 Å². The van der Waals surface area contributed by atoms with E-state index < -0.39 is 0 Å². The van der Waals surface area contributed by atoms with Gasteiger partial charge in [-0.1, -0.05) is 26.0 Å². The highest BCUT2D eigenvalue weighted by molar-refractivity contribution is 5.78. The Kier molecular flexibility index (Phi) is 6.18. The SMILES string of the molecule is CCC(CC)C(=O)NCCn1ncc2c(=O)n(Cc3cccc(F)c3)cnc21. The topological polar surface area (TPSA) is 81.8 Å². The largest absolute Gasteiger partial charge is 0.354 e. The van der Waals surface area contributed by atoms with Crippen LogP contribution < -0.4 is 10.9 Å². The normalized spacial score (nSPS) is 11.3. The van der Waals surface area contributed by atoms with Crippen LogP contribution in [-0.4, -0.2) is 31.8 Å². The van der Waals surface area contributed by atoms with E-state index in [0.717, 1.165) is 12.8 Å². The maximum Gasteiger partial charge on any atom is 0.264 e. The highest BCUT2D eigenvalue weighted by Gasteiger charge is 2.14. The lowest BCUT2D eigenvalue weighted by molar-refractivity contribution is -0.125. The Hall–Kier alpha value is -3.03.